The molecule has 0 aromatic heterocycles. The average Bonchev–Trinajstić information content (AvgIpc) is 2.60. The van der Waals surface area contributed by atoms with E-state index in [0.717, 1.165) is 16.1 Å². The summed E-state index contributed by atoms with van der Waals surface area (Å²) in [6, 6.07) is 15.2. The Labute approximate surface area is 162 Å². The molecule has 1 aliphatic rings. The third-order valence-corrected chi connectivity index (χ3v) is 5.76. The lowest BCUT2D eigenvalue weighted by molar-refractivity contribution is -0.134. The molecule has 2 amide bonds. The summed E-state index contributed by atoms with van der Waals surface area (Å²) in [6.07, 6.45) is 0.170. The van der Waals surface area contributed by atoms with Gasteiger partial charge in [-0.2, -0.15) is 0 Å². The summed E-state index contributed by atoms with van der Waals surface area (Å²) in [7, 11) is 0. The van der Waals surface area contributed by atoms with Gasteiger partial charge in [-0.05, 0) is 43.7 Å². The van der Waals surface area contributed by atoms with Crippen LogP contribution in [-0.2, 0) is 16.1 Å². The number of anilines is 1. The van der Waals surface area contributed by atoms with Crippen molar-refractivity contribution in [1.82, 2.24) is 4.90 Å². The number of benzene rings is 2. The first kappa shape index (κ1) is 18.8. The third kappa shape index (κ3) is 4.40. The first-order chi connectivity index (χ1) is 12.4. The number of fused-ring (bicyclic) bond motifs is 1. The Morgan fingerprint density at radius 2 is 2.00 bits per heavy atom. The number of hydrogen-bond donors (Lipinski definition) is 1. The fourth-order valence-electron chi connectivity index (χ4n) is 2.89. The van der Waals surface area contributed by atoms with E-state index >= 15 is 0 Å². The monoisotopic (exact) mass is 388 g/mol. The van der Waals surface area contributed by atoms with Gasteiger partial charge in [-0.1, -0.05) is 35.9 Å². The summed E-state index contributed by atoms with van der Waals surface area (Å²) in [6.45, 7) is 4.43. The first-order valence-electron chi connectivity index (χ1n) is 8.54. The van der Waals surface area contributed by atoms with Crippen LogP contribution >= 0.6 is 23.4 Å². The van der Waals surface area contributed by atoms with Crippen molar-refractivity contribution >= 4 is 40.9 Å². The minimum atomic E-state index is -0.419. The highest BCUT2D eigenvalue weighted by Crippen LogP contribution is 2.37. The standard InChI is InChI=1S/C20H21ClN2O2S/c1-13(2)23(12-14-6-5-7-15(21)10-14)19(24)11-18-20(25)22-16-8-3-4-9-17(16)26-18/h3-10,13,18H,11-12H2,1-2H3,(H,22,25). The third-order valence-electron chi connectivity index (χ3n) is 4.25. The van der Waals surface area contributed by atoms with E-state index in [1.54, 1.807) is 4.90 Å². The van der Waals surface area contributed by atoms with Gasteiger partial charge in [0.15, 0.2) is 0 Å². The number of para-hydroxylation sites is 1. The van der Waals surface area contributed by atoms with Crippen LogP contribution in [0.1, 0.15) is 25.8 Å². The van der Waals surface area contributed by atoms with Crippen molar-refractivity contribution in [2.75, 3.05) is 5.32 Å². The van der Waals surface area contributed by atoms with Crippen molar-refractivity contribution in [3.05, 3.63) is 59.1 Å². The zero-order valence-electron chi connectivity index (χ0n) is 14.7. The molecule has 0 radical (unpaired) electrons. The number of nitrogens with zero attached hydrogens (tertiary/aromatic N) is 1. The van der Waals surface area contributed by atoms with Crippen LogP contribution in [-0.4, -0.2) is 28.0 Å². The number of thioether (sulfide) groups is 1. The van der Waals surface area contributed by atoms with Crippen molar-refractivity contribution in [2.24, 2.45) is 0 Å². The predicted molar refractivity (Wildman–Crippen MR) is 106 cm³/mol. The van der Waals surface area contributed by atoms with Crippen molar-refractivity contribution in [1.29, 1.82) is 0 Å². The van der Waals surface area contributed by atoms with Crippen LogP contribution in [0.2, 0.25) is 5.02 Å². The van der Waals surface area contributed by atoms with Crippen LogP contribution in [0.5, 0.6) is 0 Å². The van der Waals surface area contributed by atoms with Gasteiger partial charge in [-0.25, -0.2) is 0 Å². The molecule has 0 saturated heterocycles. The number of rotatable bonds is 5. The molecule has 1 heterocycles. The average molecular weight is 389 g/mol. The van der Waals surface area contributed by atoms with Gasteiger partial charge in [0.05, 0.1) is 10.9 Å². The largest absolute Gasteiger partial charge is 0.336 e. The van der Waals surface area contributed by atoms with Crippen LogP contribution in [0.4, 0.5) is 5.69 Å². The summed E-state index contributed by atoms with van der Waals surface area (Å²) in [4.78, 5) is 28.1. The van der Waals surface area contributed by atoms with Crippen molar-refractivity contribution in [3.63, 3.8) is 0 Å². The summed E-state index contributed by atoms with van der Waals surface area (Å²) in [5.74, 6) is -0.152. The maximum absolute atomic E-state index is 12.9. The molecule has 3 rings (SSSR count). The van der Waals surface area contributed by atoms with E-state index in [0.29, 0.717) is 11.6 Å². The first-order valence-corrected chi connectivity index (χ1v) is 9.80. The fraction of sp³-hybridized carbons (Fsp3) is 0.300. The lowest BCUT2D eigenvalue weighted by atomic mass is 10.1. The second-order valence-electron chi connectivity index (χ2n) is 6.54. The molecule has 1 unspecified atom stereocenters. The van der Waals surface area contributed by atoms with Crippen molar-refractivity contribution in [3.8, 4) is 0 Å². The Morgan fingerprint density at radius 1 is 1.23 bits per heavy atom. The van der Waals surface area contributed by atoms with Gasteiger partial charge >= 0.3 is 0 Å². The molecule has 6 heteroatoms. The predicted octanol–water partition coefficient (Wildman–Crippen LogP) is 4.58. The van der Waals surface area contributed by atoms with Crippen LogP contribution in [0.3, 0.4) is 0 Å². The van der Waals surface area contributed by atoms with E-state index in [2.05, 4.69) is 5.32 Å². The van der Waals surface area contributed by atoms with Gasteiger partial charge < -0.3 is 10.2 Å². The Balaban J connectivity index is 1.71. The Hall–Kier alpha value is -1.98. The van der Waals surface area contributed by atoms with E-state index in [1.807, 2.05) is 62.4 Å². The maximum atomic E-state index is 12.9. The lowest BCUT2D eigenvalue weighted by Crippen LogP contribution is -2.40. The molecule has 0 bridgehead atoms. The zero-order chi connectivity index (χ0) is 18.7. The molecule has 1 N–H and O–H groups in total. The molecular formula is C20H21ClN2O2S. The second-order valence-corrected chi connectivity index (χ2v) is 8.22. The lowest BCUT2D eigenvalue weighted by Gasteiger charge is -2.30. The highest BCUT2D eigenvalue weighted by Gasteiger charge is 2.31. The van der Waals surface area contributed by atoms with Gasteiger partial charge in [0, 0.05) is 28.9 Å². The van der Waals surface area contributed by atoms with E-state index in [9.17, 15) is 9.59 Å². The van der Waals surface area contributed by atoms with E-state index in [4.69, 9.17) is 11.6 Å². The highest BCUT2D eigenvalue weighted by molar-refractivity contribution is 8.01. The van der Waals surface area contributed by atoms with Crippen molar-refractivity contribution in [2.45, 2.75) is 43.0 Å². The molecule has 26 heavy (non-hydrogen) atoms. The summed E-state index contributed by atoms with van der Waals surface area (Å²) >= 11 is 7.50. The summed E-state index contributed by atoms with van der Waals surface area (Å²) < 4.78 is 0. The SMILES string of the molecule is CC(C)N(Cc1cccc(Cl)c1)C(=O)CC1Sc2ccccc2NC1=O. The minimum absolute atomic E-state index is 0.0328. The second kappa shape index (κ2) is 8.14. The number of nitrogens with one attached hydrogen (secondary N) is 1. The van der Waals surface area contributed by atoms with Crippen LogP contribution in [0, 0.1) is 0 Å². The van der Waals surface area contributed by atoms with Crippen LogP contribution in [0.15, 0.2) is 53.4 Å². The number of amides is 2. The summed E-state index contributed by atoms with van der Waals surface area (Å²) in [5, 5.41) is 3.12. The van der Waals surface area contributed by atoms with E-state index in [1.165, 1.54) is 11.8 Å². The normalized spacial score (nSPS) is 16.2. The van der Waals surface area contributed by atoms with Crippen LogP contribution in [0.25, 0.3) is 0 Å². The number of hydrogen-bond acceptors (Lipinski definition) is 3. The minimum Gasteiger partial charge on any atom is -0.336 e. The number of halogens is 1. The molecule has 4 nitrogen and oxygen atoms in total. The Kier molecular flexibility index (Phi) is 5.89. The molecule has 1 atom stereocenters. The number of carbonyl (C=O) groups is 2. The van der Waals surface area contributed by atoms with Gasteiger partial charge in [0.25, 0.3) is 0 Å². The molecule has 2 aromatic carbocycles. The molecular weight excluding hydrogens is 368 g/mol. The molecule has 0 fully saturated rings. The fourth-order valence-corrected chi connectivity index (χ4v) is 4.21. The molecule has 0 aliphatic carbocycles. The van der Waals surface area contributed by atoms with Gasteiger partial charge in [-0.15, -0.1) is 11.8 Å². The van der Waals surface area contributed by atoms with Gasteiger partial charge in [0.2, 0.25) is 11.8 Å². The zero-order valence-corrected chi connectivity index (χ0v) is 16.3. The molecule has 0 saturated carbocycles. The van der Waals surface area contributed by atoms with E-state index < -0.39 is 5.25 Å². The molecule has 2 aromatic rings. The van der Waals surface area contributed by atoms with E-state index in [-0.39, 0.29) is 24.3 Å². The quantitative estimate of drug-likeness (QED) is 0.815. The maximum Gasteiger partial charge on any atom is 0.238 e. The molecule has 1 aliphatic heterocycles. The van der Waals surface area contributed by atoms with Gasteiger partial charge in [0.1, 0.15) is 0 Å². The highest BCUT2D eigenvalue weighted by atomic mass is 35.5. The smallest absolute Gasteiger partial charge is 0.238 e. The van der Waals surface area contributed by atoms with Gasteiger partial charge in [-0.3, -0.25) is 9.59 Å². The molecule has 136 valence electrons. The summed E-state index contributed by atoms with van der Waals surface area (Å²) in [5.41, 5.74) is 1.79. The Morgan fingerprint density at radius 3 is 2.73 bits per heavy atom. The molecule has 0 spiro atoms. The van der Waals surface area contributed by atoms with Crippen LogP contribution < -0.4 is 5.32 Å². The topological polar surface area (TPSA) is 49.4 Å². The van der Waals surface area contributed by atoms with Crippen molar-refractivity contribution < 1.29 is 9.59 Å². The Bertz CT molecular complexity index is 825. The number of carbonyl (C=O) groups excluding carboxylic acids is 2.